The van der Waals surface area contributed by atoms with E-state index < -0.39 is 5.82 Å². The van der Waals surface area contributed by atoms with Crippen molar-refractivity contribution in [3.05, 3.63) is 90.2 Å². The first-order valence-electron chi connectivity index (χ1n) is 8.95. The normalized spacial score (nSPS) is 10.4. The Kier molecular flexibility index (Phi) is 6.17. The van der Waals surface area contributed by atoms with Crippen LogP contribution in [0, 0.1) is 5.82 Å². The van der Waals surface area contributed by atoms with E-state index in [9.17, 15) is 14.0 Å². The second-order valence-electron chi connectivity index (χ2n) is 6.55. The minimum absolute atomic E-state index is 0.0998. The molecule has 0 bridgehead atoms. The molecule has 0 saturated carbocycles. The lowest BCUT2D eigenvalue weighted by Crippen LogP contribution is -2.35. The number of carbonyl (C=O) groups is 2. The summed E-state index contributed by atoms with van der Waals surface area (Å²) in [4.78, 5) is 25.8. The third-order valence-electron chi connectivity index (χ3n) is 4.33. The molecule has 2 amide bonds. The molecule has 28 heavy (non-hydrogen) atoms. The van der Waals surface area contributed by atoms with Crippen LogP contribution < -0.4 is 5.32 Å². The van der Waals surface area contributed by atoms with Crippen LogP contribution in [0.1, 0.15) is 5.56 Å². The molecule has 3 aromatic carbocycles. The molecule has 0 fully saturated rings. The minimum Gasteiger partial charge on any atom is -0.336 e. The van der Waals surface area contributed by atoms with Gasteiger partial charge in [0, 0.05) is 12.7 Å². The molecule has 1 N–H and O–H groups in total. The van der Waals surface area contributed by atoms with E-state index in [1.807, 2.05) is 54.6 Å². The van der Waals surface area contributed by atoms with Crippen LogP contribution in [-0.2, 0) is 16.0 Å². The average Bonchev–Trinajstić information content (AvgIpc) is 2.69. The van der Waals surface area contributed by atoms with Crippen LogP contribution in [0.25, 0.3) is 11.1 Å². The van der Waals surface area contributed by atoms with E-state index in [4.69, 9.17) is 0 Å². The molecule has 0 aliphatic carbocycles. The number of halogens is 1. The highest BCUT2D eigenvalue weighted by Gasteiger charge is 2.14. The number of nitrogens with zero attached hydrogens (tertiary/aromatic N) is 1. The first kappa shape index (κ1) is 19.3. The lowest BCUT2D eigenvalue weighted by Gasteiger charge is -2.17. The van der Waals surface area contributed by atoms with Gasteiger partial charge in [-0.05, 0) is 34.9 Å². The molecule has 142 valence electrons. The van der Waals surface area contributed by atoms with Crippen molar-refractivity contribution in [3.8, 4) is 11.1 Å². The SMILES string of the molecule is CN(CC(=O)Nc1cccc(F)c1)C(=O)Cc1ccc(-c2ccccc2)cc1. The Hall–Kier alpha value is -3.47. The molecular formula is C23H21FN2O2. The van der Waals surface area contributed by atoms with Crippen LogP contribution >= 0.6 is 0 Å². The molecule has 0 heterocycles. The number of likely N-dealkylation sites (N-methyl/N-ethyl adjacent to an activating group) is 1. The van der Waals surface area contributed by atoms with Gasteiger partial charge < -0.3 is 10.2 Å². The van der Waals surface area contributed by atoms with Crippen LogP contribution in [0.2, 0.25) is 0 Å². The summed E-state index contributed by atoms with van der Waals surface area (Å²) >= 11 is 0. The zero-order chi connectivity index (χ0) is 19.9. The third kappa shape index (κ3) is 5.27. The first-order chi connectivity index (χ1) is 13.5. The lowest BCUT2D eigenvalue weighted by molar-refractivity contribution is -0.132. The molecule has 0 aliphatic rings. The number of benzene rings is 3. The molecular weight excluding hydrogens is 355 g/mol. The Labute approximate surface area is 163 Å². The van der Waals surface area contributed by atoms with Gasteiger partial charge in [-0.2, -0.15) is 0 Å². The number of hydrogen-bond donors (Lipinski definition) is 1. The van der Waals surface area contributed by atoms with E-state index in [1.54, 1.807) is 13.1 Å². The Balaban J connectivity index is 1.54. The number of nitrogens with one attached hydrogen (secondary N) is 1. The van der Waals surface area contributed by atoms with Crippen molar-refractivity contribution in [2.24, 2.45) is 0 Å². The fraction of sp³-hybridized carbons (Fsp3) is 0.130. The molecule has 0 unspecified atom stereocenters. The maximum atomic E-state index is 13.2. The monoisotopic (exact) mass is 376 g/mol. The maximum absolute atomic E-state index is 13.2. The molecule has 5 heteroatoms. The number of anilines is 1. The Morgan fingerprint density at radius 1 is 0.893 bits per heavy atom. The van der Waals surface area contributed by atoms with Crippen LogP contribution in [0.3, 0.4) is 0 Å². The van der Waals surface area contributed by atoms with Gasteiger partial charge in [-0.15, -0.1) is 0 Å². The van der Waals surface area contributed by atoms with Crippen LogP contribution in [0.4, 0.5) is 10.1 Å². The zero-order valence-electron chi connectivity index (χ0n) is 15.6. The number of carbonyl (C=O) groups excluding carboxylic acids is 2. The van der Waals surface area contributed by atoms with Crippen molar-refractivity contribution in [1.82, 2.24) is 4.90 Å². The van der Waals surface area contributed by atoms with Gasteiger partial charge >= 0.3 is 0 Å². The molecule has 3 aromatic rings. The van der Waals surface area contributed by atoms with Gasteiger partial charge in [0.15, 0.2) is 0 Å². The van der Waals surface area contributed by atoms with Crippen molar-refractivity contribution >= 4 is 17.5 Å². The summed E-state index contributed by atoms with van der Waals surface area (Å²) in [7, 11) is 1.58. The molecule has 0 saturated heterocycles. The van der Waals surface area contributed by atoms with E-state index in [2.05, 4.69) is 5.32 Å². The highest BCUT2D eigenvalue weighted by atomic mass is 19.1. The molecule has 0 aromatic heterocycles. The fourth-order valence-electron chi connectivity index (χ4n) is 2.83. The summed E-state index contributed by atoms with van der Waals surface area (Å²) < 4.78 is 13.2. The number of hydrogen-bond acceptors (Lipinski definition) is 2. The van der Waals surface area contributed by atoms with Crippen LogP contribution in [0.15, 0.2) is 78.9 Å². The summed E-state index contributed by atoms with van der Waals surface area (Å²) in [5.41, 5.74) is 3.44. The van der Waals surface area contributed by atoms with Gasteiger partial charge in [-0.1, -0.05) is 60.7 Å². The second kappa shape index (κ2) is 8.95. The summed E-state index contributed by atoms with van der Waals surface area (Å²) in [5, 5.41) is 2.59. The van der Waals surface area contributed by atoms with E-state index in [0.29, 0.717) is 5.69 Å². The number of amides is 2. The summed E-state index contributed by atoms with van der Waals surface area (Å²) in [6.45, 7) is -0.0998. The summed E-state index contributed by atoms with van der Waals surface area (Å²) in [5.74, 6) is -0.969. The topological polar surface area (TPSA) is 49.4 Å². The predicted molar refractivity (Wildman–Crippen MR) is 108 cm³/mol. The predicted octanol–water partition coefficient (Wildman–Crippen LogP) is 4.13. The fourth-order valence-corrected chi connectivity index (χ4v) is 2.83. The Morgan fingerprint density at radius 2 is 1.57 bits per heavy atom. The second-order valence-corrected chi connectivity index (χ2v) is 6.55. The standard InChI is InChI=1S/C23H21FN2O2/c1-26(16-22(27)25-21-9-5-8-20(24)15-21)23(28)14-17-10-12-19(13-11-17)18-6-3-2-4-7-18/h2-13,15H,14,16H2,1H3,(H,25,27). The van der Waals surface area contributed by atoms with E-state index in [-0.39, 0.29) is 24.8 Å². The van der Waals surface area contributed by atoms with Crippen LogP contribution in [0.5, 0.6) is 0 Å². The van der Waals surface area contributed by atoms with Gasteiger partial charge in [0.1, 0.15) is 5.82 Å². The molecule has 3 rings (SSSR count). The average molecular weight is 376 g/mol. The van der Waals surface area contributed by atoms with Crippen molar-refractivity contribution in [2.45, 2.75) is 6.42 Å². The minimum atomic E-state index is -0.429. The molecule has 4 nitrogen and oxygen atoms in total. The maximum Gasteiger partial charge on any atom is 0.243 e. The van der Waals surface area contributed by atoms with Gasteiger partial charge in [0.25, 0.3) is 0 Å². The highest BCUT2D eigenvalue weighted by molar-refractivity contribution is 5.94. The Bertz CT molecular complexity index is 956. The van der Waals surface area contributed by atoms with E-state index in [0.717, 1.165) is 16.7 Å². The molecule has 0 atom stereocenters. The van der Waals surface area contributed by atoms with Gasteiger partial charge in [-0.25, -0.2) is 4.39 Å². The van der Waals surface area contributed by atoms with Gasteiger partial charge in [0.2, 0.25) is 11.8 Å². The Morgan fingerprint density at radius 3 is 2.25 bits per heavy atom. The molecule has 0 spiro atoms. The van der Waals surface area contributed by atoms with Crippen molar-refractivity contribution in [1.29, 1.82) is 0 Å². The highest BCUT2D eigenvalue weighted by Crippen LogP contribution is 2.19. The zero-order valence-corrected chi connectivity index (χ0v) is 15.6. The van der Waals surface area contributed by atoms with Crippen molar-refractivity contribution in [3.63, 3.8) is 0 Å². The van der Waals surface area contributed by atoms with Crippen molar-refractivity contribution < 1.29 is 14.0 Å². The summed E-state index contributed by atoms with van der Waals surface area (Å²) in [6, 6.07) is 23.4. The third-order valence-corrected chi connectivity index (χ3v) is 4.33. The first-order valence-corrected chi connectivity index (χ1v) is 8.95. The van der Waals surface area contributed by atoms with Gasteiger partial charge in [-0.3, -0.25) is 9.59 Å². The van der Waals surface area contributed by atoms with Crippen LogP contribution in [-0.4, -0.2) is 30.3 Å². The van der Waals surface area contributed by atoms with E-state index >= 15 is 0 Å². The van der Waals surface area contributed by atoms with Crippen molar-refractivity contribution in [2.75, 3.05) is 18.9 Å². The largest absolute Gasteiger partial charge is 0.336 e. The smallest absolute Gasteiger partial charge is 0.243 e. The van der Waals surface area contributed by atoms with Gasteiger partial charge in [0.05, 0.1) is 13.0 Å². The van der Waals surface area contributed by atoms with E-state index in [1.165, 1.54) is 23.1 Å². The quantitative estimate of drug-likeness (QED) is 0.703. The number of rotatable bonds is 6. The molecule has 0 aliphatic heterocycles. The summed E-state index contributed by atoms with van der Waals surface area (Å²) in [6.07, 6.45) is 0.207. The molecule has 0 radical (unpaired) electrons. The lowest BCUT2D eigenvalue weighted by atomic mass is 10.0.